The predicted molar refractivity (Wildman–Crippen MR) is 82.2 cm³/mol. The van der Waals surface area contributed by atoms with Crippen LogP contribution in [0.3, 0.4) is 0 Å². The molecule has 0 aliphatic carbocycles. The third-order valence-corrected chi connectivity index (χ3v) is 5.71. The van der Waals surface area contributed by atoms with Gasteiger partial charge in [0.15, 0.2) is 0 Å². The second-order valence-electron chi connectivity index (χ2n) is 5.14. The molecule has 23 heavy (non-hydrogen) atoms. The zero-order valence-corrected chi connectivity index (χ0v) is 13.0. The van der Waals surface area contributed by atoms with Crippen molar-refractivity contribution in [1.82, 2.24) is 9.62 Å². The maximum absolute atomic E-state index is 12.8. The standard InChI is InChI=1S/C15H16F2N2O3S/c16-15(17)22-13-5-1-4-12-11(13)3-2-6-14(12)23(20,21)19-9-7-18-8-10-19/h1-6,15,18H,7-10H2. The molecule has 0 atom stereocenters. The molecule has 0 spiro atoms. The number of alkyl halides is 2. The fraction of sp³-hybridized carbons (Fsp3) is 0.333. The first kappa shape index (κ1) is 16.1. The number of ether oxygens (including phenoxy) is 1. The molecule has 0 amide bonds. The van der Waals surface area contributed by atoms with Crippen LogP contribution in [0.1, 0.15) is 0 Å². The van der Waals surface area contributed by atoms with Gasteiger partial charge in [0, 0.05) is 37.0 Å². The molecule has 0 unspecified atom stereocenters. The summed E-state index contributed by atoms with van der Waals surface area (Å²) in [7, 11) is -3.68. The van der Waals surface area contributed by atoms with E-state index in [0.717, 1.165) is 0 Å². The van der Waals surface area contributed by atoms with E-state index < -0.39 is 16.6 Å². The van der Waals surface area contributed by atoms with Gasteiger partial charge in [0.25, 0.3) is 0 Å². The minimum Gasteiger partial charge on any atom is -0.434 e. The lowest BCUT2D eigenvalue weighted by atomic mass is 10.1. The van der Waals surface area contributed by atoms with Gasteiger partial charge in [-0.25, -0.2) is 8.42 Å². The number of rotatable bonds is 4. The second kappa shape index (κ2) is 6.38. The number of hydrogen-bond acceptors (Lipinski definition) is 4. The van der Waals surface area contributed by atoms with Gasteiger partial charge in [-0.2, -0.15) is 13.1 Å². The summed E-state index contributed by atoms with van der Waals surface area (Å²) in [5.41, 5.74) is 0. The molecule has 1 saturated heterocycles. The summed E-state index contributed by atoms with van der Waals surface area (Å²) in [5, 5.41) is 3.83. The molecule has 0 radical (unpaired) electrons. The number of halogens is 2. The number of hydrogen-bond donors (Lipinski definition) is 1. The first-order valence-electron chi connectivity index (χ1n) is 7.17. The van der Waals surface area contributed by atoms with Gasteiger partial charge in [-0.3, -0.25) is 0 Å². The monoisotopic (exact) mass is 342 g/mol. The Hall–Kier alpha value is -1.77. The number of fused-ring (bicyclic) bond motifs is 1. The van der Waals surface area contributed by atoms with E-state index in [0.29, 0.717) is 37.0 Å². The highest BCUT2D eigenvalue weighted by Gasteiger charge is 2.27. The van der Waals surface area contributed by atoms with Crippen molar-refractivity contribution in [3.63, 3.8) is 0 Å². The van der Waals surface area contributed by atoms with Crippen molar-refractivity contribution in [1.29, 1.82) is 0 Å². The molecule has 1 heterocycles. The zero-order valence-electron chi connectivity index (χ0n) is 12.2. The van der Waals surface area contributed by atoms with Gasteiger partial charge in [-0.15, -0.1) is 0 Å². The molecule has 2 aromatic carbocycles. The summed E-state index contributed by atoms with van der Waals surface area (Å²) in [6, 6.07) is 9.11. The molecule has 2 aromatic rings. The van der Waals surface area contributed by atoms with Crippen molar-refractivity contribution in [2.75, 3.05) is 26.2 Å². The minimum atomic E-state index is -3.68. The quantitative estimate of drug-likeness (QED) is 0.924. The van der Waals surface area contributed by atoms with Crippen molar-refractivity contribution in [3.8, 4) is 5.75 Å². The smallest absolute Gasteiger partial charge is 0.387 e. The van der Waals surface area contributed by atoms with E-state index in [9.17, 15) is 17.2 Å². The molecular formula is C15H16F2N2O3S. The van der Waals surface area contributed by atoms with Crippen molar-refractivity contribution < 1.29 is 21.9 Å². The van der Waals surface area contributed by atoms with Crippen LogP contribution in [0.2, 0.25) is 0 Å². The van der Waals surface area contributed by atoms with Crippen LogP contribution >= 0.6 is 0 Å². The second-order valence-corrected chi connectivity index (χ2v) is 7.05. The number of nitrogens with one attached hydrogen (secondary N) is 1. The summed E-state index contributed by atoms with van der Waals surface area (Å²) in [4.78, 5) is 0.108. The Morgan fingerprint density at radius 1 is 1.04 bits per heavy atom. The lowest BCUT2D eigenvalue weighted by molar-refractivity contribution is -0.0487. The molecule has 0 saturated carbocycles. The lowest BCUT2D eigenvalue weighted by Gasteiger charge is -2.27. The number of nitrogens with zero attached hydrogens (tertiary/aromatic N) is 1. The van der Waals surface area contributed by atoms with Crippen LogP contribution < -0.4 is 10.1 Å². The fourth-order valence-electron chi connectivity index (χ4n) is 2.70. The Bertz CT molecular complexity index is 805. The average Bonchev–Trinajstić information content (AvgIpc) is 2.55. The third-order valence-electron chi connectivity index (χ3n) is 3.75. The van der Waals surface area contributed by atoms with Gasteiger partial charge in [0.1, 0.15) is 5.75 Å². The van der Waals surface area contributed by atoms with Crippen molar-refractivity contribution in [3.05, 3.63) is 36.4 Å². The van der Waals surface area contributed by atoms with Gasteiger partial charge in [-0.1, -0.05) is 24.3 Å². The predicted octanol–water partition coefficient (Wildman–Crippen LogP) is 2.04. The van der Waals surface area contributed by atoms with Crippen LogP contribution in [0.4, 0.5) is 8.78 Å². The molecule has 0 aromatic heterocycles. The Morgan fingerprint density at radius 3 is 2.39 bits per heavy atom. The first-order chi connectivity index (χ1) is 11.0. The van der Waals surface area contributed by atoms with Gasteiger partial charge >= 0.3 is 6.61 Å². The van der Waals surface area contributed by atoms with E-state index in [-0.39, 0.29) is 10.6 Å². The SMILES string of the molecule is O=S(=O)(c1cccc2c(OC(F)F)cccc12)N1CCNCC1. The van der Waals surface area contributed by atoms with Crippen LogP contribution in [0, 0.1) is 0 Å². The molecule has 8 heteroatoms. The van der Waals surface area contributed by atoms with Crippen LogP contribution in [0.25, 0.3) is 10.8 Å². The van der Waals surface area contributed by atoms with E-state index in [4.69, 9.17) is 0 Å². The van der Waals surface area contributed by atoms with Crippen LogP contribution in [-0.4, -0.2) is 45.5 Å². The van der Waals surface area contributed by atoms with E-state index in [1.165, 1.54) is 28.6 Å². The third kappa shape index (κ3) is 3.15. The maximum atomic E-state index is 12.8. The van der Waals surface area contributed by atoms with E-state index in [1.807, 2.05) is 0 Å². The zero-order chi connectivity index (χ0) is 16.4. The number of piperazine rings is 1. The van der Waals surface area contributed by atoms with Gasteiger partial charge in [-0.05, 0) is 12.1 Å². The summed E-state index contributed by atoms with van der Waals surface area (Å²) < 4.78 is 56.6. The van der Waals surface area contributed by atoms with Crippen molar-refractivity contribution >= 4 is 20.8 Å². The Morgan fingerprint density at radius 2 is 1.70 bits per heavy atom. The molecule has 5 nitrogen and oxygen atoms in total. The summed E-state index contributed by atoms with van der Waals surface area (Å²) >= 11 is 0. The summed E-state index contributed by atoms with van der Waals surface area (Å²) in [6.45, 7) is -1.03. The molecule has 1 fully saturated rings. The highest BCUT2D eigenvalue weighted by molar-refractivity contribution is 7.89. The Labute approximate surface area is 132 Å². The lowest BCUT2D eigenvalue weighted by Crippen LogP contribution is -2.46. The molecule has 1 N–H and O–H groups in total. The molecular weight excluding hydrogens is 326 g/mol. The minimum absolute atomic E-state index is 0.0325. The number of sulfonamides is 1. The van der Waals surface area contributed by atoms with Gasteiger partial charge in [0.2, 0.25) is 10.0 Å². The van der Waals surface area contributed by atoms with Gasteiger partial charge in [0.05, 0.1) is 4.90 Å². The molecule has 3 rings (SSSR count). The number of benzene rings is 2. The van der Waals surface area contributed by atoms with E-state index in [1.54, 1.807) is 12.1 Å². The van der Waals surface area contributed by atoms with Crippen molar-refractivity contribution in [2.24, 2.45) is 0 Å². The summed E-state index contributed by atoms with van der Waals surface area (Å²) in [5.74, 6) is -0.0325. The maximum Gasteiger partial charge on any atom is 0.387 e. The largest absolute Gasteiger partial charge is 0.434 e. The Balaban J connectivity index is 2.11. The van der Waals surface area contributed by atoms with Gasteiger partial charge < -0.3 is 10.1 Å². The molecule has 1 aliphatic rings. The topological polar surface area (TPSA) is 58.6 Å². The van der Waals surface area contributed by atoms with Crippen LogP contribution in [0.15, 0.2) is 41.3 Å². The normalized spacial score (nSPS) is 16.8. The van der Waals surface area contributed by atoms with Crippen LogP contribution in [0.5, 0.6) is 5.75 Å². The molecule has 0 bridgehead atoms. The van der Waals surface area contributed by atoms with E-state index >= 15 is 0 Å². The fourth-order valence-corrected chi connectivity index (χ4v) is 4.35. The highest BCUT2D eigenvalue weighted by atomic mass is 32.2. The van der Waals surface area contributed by atoms with E-state index in [2.05, 4.69) is 10.1 Å². The van der Waals surface area contributed by atoms with Crippen molar-refractivity contribution in [2.45, 2.75) is 11.5 Å². The Kier molecular flexibility index (Phi) is 4.47. The first-order valence-corrected chi connectivity index (χ1v) is 8.61. The molecule has 1 aliphatic heterocycles. The average molecular weight is 342 g/mol. The summed E-state index contributed by atoms with van der Waals surface area (Å²) in [6.07, 6.45) is 0. The molecule has 124 valence electrons. The highest BCUT2D eigenvalue weighted by Crippen LogP contribution is 2.32. The van der Waals surface area contributed by atoms with Crippen LogP contribution in [-0.2, 0) is 10.0 Å².